The average molecular weight is 337 g/mol. The number of rotatable bonds is 5. The van der Waals surface area contributed by atoms with Crippen LogP contribution in [0.1, 0.15) is 38.3 Å². The van der Waals surface area contributed by atoms with Crippen LogP contribution in [-0.4, -0.2) is 30.6 Å². The predicted octanol–water partition coefficient (Wildman–Crippen LogP) is 3.65. The first-order valence-corrected chi connectivity index (χ1v) is 8.01. The van der Waals surface area contributed by atoms with Gasteiger partial charge in [-0.3, -0.25) is 0 Å². The van der Waals surface area contributed by atoms with Crippen LogP contribution < -0.4 is 5.32 Å². The summed E-state index contributed by atoms with van der Waals surface area (Å²) in [6.07, 6.45) is 1.76. The second-order valence-electron chi connectivity index (χ2n) is 5.48. The number of halogens is 1. The van der Waals surface area contributed by atoms with Gasteiger partial charge >= 0.3 is 12.0 Å². The number of urea groups is 1. The van der Waals surface area contributed by atoms with Gasteiger partial charge in [-0.25, -0.2) is 9.59 Å². The van der Waals surface area contributed by atoms with Crippen molar-refractivity contribution in [1.82, 2.24) is 10.2 Å². The molecule has 0 bridgehead atoms. The van der Waals surface area contributed by atoms with Crippen molar-refractivity contribution < 1.29 is 14.3 Å². The predicted molar refractivity (Wildman–Crippen MR) is 89.1 cm³/mol. The number of carbonyl (C=O) groups excluding carboxylic acids is 2. The van der Waals surface area contributed by atoms with E-state index in [4.69, 9.17) is 16.3 Å². The van der Waals surface area contributed by atoms with Gasteiger partial charge in [-0.15, -0.1) is 0 Å². The second kappa shape index (κ2) is 7.51. The zero-order valence-electron chi connectivity index (χ0n) is 13.6. The zero-order chi connectivity index (χ0) is 17.0. The third-order valence-corrected chi connectivity index (χ3v) is 4.16. The first kappa shape index (κ1) is 17.3. The Hall–Kier alpha value is -2.01. The molecule has 23 heavy (non-hydrogen) atoms. The standard InChI is InChI=1S/C17H21ClN2O3/c1-4-5-10-23-16(21)14-11(2)20(3)17(22)19-15(14)12-6-8-13(18)9-7-12/h6-9,15H,4-5,10H2,1-3H3,(H,19,22)/t15-/m1/s1. The fourth-order valence-electron chi connectivity index (χ4n) is 2.39. The molecule has 0 fully saturated rings. The minimum absolute atomic E-state index is 0.257. The molecule has 1 N–H and O–H groups in total. The van der Waals surface area contributed by atoms with Crippen LogP contribution in [0, 0.1) is 0 Å². The van der Waals surface area contributed by atoms with Crippen molar-refractivity contribution in [3.05, 3.63) is 46.1 Å². The molecule has 0 saturated heterocycles. The summed E-state index contributed by atoms with van der Waals surface area (Å²) in [6.45, 7) is 4.15. The molecule has 0 saturated carbocycles. The maximum Gasteiger partial charge on any atom is 0.338 e. The topological polar surface area (TPSA) is 58.6 Å². The van der Waals surface area contributed by atoms with E-state index in [1.807, 2.05) is 6.92 Å². The molecule has 0 aliphatic carbocycles. The summed E-state index contributed by atoms with van der Waals surface area (Å²) in [5.74, 6) is -0.400. The maximum atomic E-state index is 12.5. The Balaban J connectivity index is 2.35. The lowest BCUT2D eigenvalue weighted by Crippen LogP contribution is -2.46. The number of amides is 2. The van der Waals surface area contributed by atoms with Crippen LogP contribution in [0.5, 0.6) is 0 Å². The number of hydrogen-bond acceptors (Lipinski definition) is 3. The van der Waals surface area contributed by atoms with Crippen LogP contribution >= 0.6 is 11.6 Å². The zero-order valence-corrected chi connectivity index (χ0v) is 14.3. The van der Waals surface area contributed by atoms with Gasteiger partial charge in [0.25, 0.3) is 0 Å². The van der Waals surface area contributed by atoms with Gasteiger partial charge in [-0.1, -0.05) is 37.1 Å². The van der Waals surface area contributed by atoms with Crippen LogP contribution in [0.15, 0.2) is 35.5 Å². The Bertz CT molecular complexity index is 625. The fraction of sp³-hybridized carbons (Fsp3) is 0.412. The number of benzene rings is 1. The van der Waals surface area contributed by atoms with Crippen molar-refractivity contribution in [1.29, 1.82) is 0 Å². The molecule has 1 aromatic rings. The Labute approximate surface area is 141 Å². The summed E-state index contributed by atoms with van der Waals surface area (Å²) < 4.78 is 5.35. The molecule has 0 unspecified atom stereocenters. The lowest BCUT2D eigenvalue weighted by molar-refractivity contribution is -0.139. The van der Waals surface area contributed by atoms with Gasteiger partial charge in [0, 0.05) is 17.8 Å². The minimum atomic E-state index is -0.537. The second-order valence-corrected chi connectivity index (χ2v) is 5.92. The van der Waals surface area contributed by atoms with Crippen molar-refractivity contribution in [2.75, 3.05) is 13.7 Å². The van der Waals surface area contributed by atoms with E-state index in [2.05, 4.69) is 5.32 Å². The number of ether oxygens (including phenoxy) is 1. The smallest absolute Gasteiger partial charge is 0.338 e. The van der Waals surface area contributed by atoms with E-state index in [1.54, 1.807) is 38.2 Å². The normalized spacial score (nSPS) is 18.0. The van der Waals surface area contributed by atoms with E-state index < -0.39 is 12.0 Å². The number of nitrogens with zero attached hydrogens (tertiary/aromatic N) is 1. The molecule has 6 heteroatoms. The summed E-state index contributed by atoms with van der Waals surface area (Å²) in [4.78, 5) is 26.0. The minimum Gasteiger partial charge on any atom is -0.462 e. The highest BCUT2D eigenvalue weighted by Gasteiger charge is 2.34. The lowest BCUT2D eigenvalue weighted by Gasteiger charge is -2.33. The number of esters is 1. The molecule has 0 radical (unpaired) electrons. The first-order chi connectivity index (χ1) is 11.0. The molecule has 1 aliphatic rings. The molecule has 1 aromatic carbocycles. The first-order valence-electron chi connectivity index (χ1n) is 7.63. The molecule has 1 atom stereocenters. The number of carbonyl (C=O) groups is 2. The number of nitrogens with one attached hydrogen (secondary N) is 1. The van der Waals surface area contributed by atoms with Crippen molar-refractivity contribution in [2.24, 2.45) is 0 Å². The molecule has 2 amide bonds. The van der Waals surface area contributed by atoms with E-state index in [0.29, 0.717) is 22.9 Å². The summed E-state index contributed by atoms with van der Waals surface area (Å²) in [5, 5.41) is 3.44. The summed E-state index contributed by atoms with van der Waals surface area (Å²) in [5.41, 5.74) is 1.83. The van der Waals surface area contributed by atoms with E-state index >= 15 is 0 Å². The van der Waals surface area contributed by atoms with Gasteiger partial charge in [-0.05, 0) is 31.0 Å². The maximum absolute atomic E-state index is 12.5. The highest BCUT2D eigenvalue weighted by atomic mass is 35.5. The third-order valence-electron chi connectivity index (χ3n) is 3.91. The van der Waals surface area contributed by atoms with Gasteiger partial charge in [0.1, 0.15) is 0 Å². The monoisotopic (exact) mass is 336 g/mol. The number of hydrogen-bond donors (Lipinski definition) is 1. The quantitative estimate of drug-likeness (QED) is 0.659. The Morgan fingerprint density at radius 2 is 2.00 bits per heavy atom. The highest BCUT2D eigenvalue weighted by Crippen LogP contribution is 2.31. The van der Waals surface area contributed by atoms with E-state index in [-0.39, 0.29) is 6.03 Å². The van der Waals surface area contributed by atoms with E-state index in [1.165, 1.54) is 4.90 Å². The molecular formula is C17H21ClN2O3. The number of allylic oxidation sites excluding steroid dienone is 1. The highest BCUT2D eigenvalue weighted by molar-refractivity contribution is 6.30. The van der Waals surface area contributed by atoms with Gasteiger partial charge in [0.2, 0.25) is 0 Å². The van der Waals surface area contributed by atoms with Crippen LogP contribution in [0.2, 0.25) is 5.02 Å². The third kappa shape index (κ3) is 3.85. The molecule has 1 heterocycles. The Morgan fingerprint density at radius 1 is 1.35 bits per heavy atom. The van der Waals surface area contributed by atoms with Crippen molar-refractivity contribution in [2.45, 2.75) is 32.7 Å². The van der Waals surface area contributed by atoms with Gasteiger partial charge in [0.05, 0.1) is 18.2 Å². The number of unbranched alkanes of at least 4 members (excludes halogenated alkanes) is 1. The SMILES string of the molecule is CCCCOC(=O)C1=C(C)N(C)C(=O)N[C@@H]1c1ccc(Cl)cc1. The fourth-order valence-corrected chi connectivity index (χ4v) is 2.52. The summed E-state index contributed by atoms with van der Waals surface area (Å²) in [7, 11) is 1.63. The molecule has 2 rings (SSSR count). The van der Waals surface area contributed by atoms with Gasteiger partial charge in [0.15, 0.2) is 0 Å². The molecule has 0 aromatic heterocycles. The van der Waals surface area contributed by atoms with Gasteiger partial charge < -0.3 is 15.0 Å². The largest absolute Gasteiger partial charge is 0.462 e. The van der Waals surface area contributed by atoms with Crippen LogP contribution in [0.3, 0.4) is 0 Å². The van der Waals surface area contributed by atoms with Crippen molar-refractivity contribution in [3.8, 4) is 0 Å². The molecule has 0 spiro atoms. The molecular weight excluding hydrogens is 316 g/mol. The summed E-state index contributed by atoms with van der Waals surface area (Å²) in [6, 6.07) is 6.27. The van der Waals surface area contributed by atoms with Crippen molar-refractivity contribution in [3.63, 3.8) is 0 Å². The molecule has 1 aliphatic heterocycles. The lowest BCUT2D eigenvalue weighted by atomic mass is 9.95. The average Bonchev–Trinajstić information content (AvgIpc) is 2.53. The van der Waals surface area contributed by atoms with Crippen LogP contribution in [-0.2, 0) is 9.53 Å². The summed E-state index contributed by atoms with van der Waals surface area (Å²) >= 11 is 5.92. The van der Waals surface area contributed by atoms with E-state index in [0.717, 1.165) is 18.4 Å². The van der Waals surface area contributed by atoms with E-state index in [9.17, 15) is 9.59 Å². The Morgan fingerprint density at radius 3 is 2.61 bits per heavy atom. The molecule has 5 nitrogen and oxygen atoms in total. The van der Waals surface area contributed by atoms with Gasteiger partial charge in [-0.2, -0.15) is 0 Å². The van der Waals surface area contributed by atoms with Crippen LogP contribution in [0.4, 0.5) is 4.79 Å². The van der Waals surface area contributed by atoms with Crippen molar-refractivity contribution >= 4 is 23.6 Å². The molecule has 124 valence electrons. The Kier molecular flexibility index (Phi) is 5.66. The van der Waals surface area contributed by atoms with Crippen LogP contribution in [0.25, 0.3) is 0 Å².